The predicted octanol–water partition coefficient (Wildman–Crippen LogP) is 8.13. The summed E-state index contributed by atoms with van der Waals surface area (Å²) in [5.74, 6) is 0.0920. The standard InChI is InChI=1S/C20H25N3O2S.C9H9F3.C2H6/c1-2-19(24)23-12-11-18(22-14-21-15-7-4-3-5-8-15)17(13-23)20(25)26-16-9-6-10-16;1-2-7-3-5-8(6-4-7)9(10,11)12;1-2/h3-5,7-8,14,16H,2,6,9-13H2,1H3,(H,21,22);3-6H,2H2,1H3;1-2H3. The number of nitrogens with zero attached hydrogens (tertiary/aromatic N) is 2. The van der Waals surface area contributed by atoms with Gasteiger partial charge in [0.2, 0.25) is 11.0 Å². The van der Waals surface area contributed by atoms with E-state index in [4.69, 9.17) is 0 Å². The first kappa shape index (κ1) is 33.1. The molecule has 1 aliphatic heterocycles. The molecule has 0 radical (unpaired) electrons. The van der Waals surface area contributed by atoms with Gasteiger partial charge in [-0.05, 0) is 49.1 Å². The summed E-state index contributed by atoms with van der Waals surface area (Å²) in [6.07, 6.45) is 2.69. The lowest BCUT2D eigenvalue weighted by Crippen LogP contribution is -2.38. The molecule has 1 N–H and O–H groups in total. The highest BCUT2D eigenvalue weighted by Crippen LogP contribution is 2.35. The molecule has 1 amide bonds. The molecule has 5 nitrogen and oxygen atoms in total. The lowest BCUT2D eigenvalue weighted by molar-refractivity contribution is -0.137. The average molecular weight is 576 g/mol. The van der Waals surface area contributed by atoms with Crippen LogP contribution >= 0.6 is 11.8 Å². The average Bonchev–Trinajstić information content (AvgIpc) is 2.96. The van der Waals surface area contributed by atoms with Gasteiger partial charge in [0.1, 0.15) is 0 Å². The van der Waals surface area contributed by atoms with Gasteiger partial charge in [0.15, 0.2) is 0 Å². The Bertz CT molecular complexity index is 1130. The number of carbonyl (C=O) groups is 2. The molecule has 1 heterocycles. The maximum Gasteiger partial charge on any atom is 0.416 e. The Morgan fingerprint density at radius 1 is 1.05 bits per heavy atom. The van der Waals surface area contributed by atoms with Crippen LogP contribution in [0.25, 0.3) is 0 Å². The highest BCUT2D eigenvalue weighted by molar-refractivity contribution is 8.14. The van der Waals surface area contributed by atoms with Crippen LogP contribution in [0.4, 0.5) is 18.9 Å². The summed E-state index contributed by atoms with van der Waals surface area (Å²) in [6.45, 7) is 8.76. The predicted molar refractivity (Wildman–Crippen MR) is 159 cm³/mol. The van der Waals surface area contributed by atoms with Crippen molar-refractivity contribution in [3.8, 4) is 0 Å². The van der Waals surface area contributed by atoms with Crippen LogP contribution in [-0.2, 0) is 22.2 Å². The van der Waals surface area contributed by atoms with Gasteiger partial charge in [-0.15, -0.1) is 0 Å². The van der Waals surface area contributed by atoms with Crippen LogP contribution in [-0.4, -0.2) is 40.6 Å². The third kappa shape index (κ3) is 10.5. The molecule has 40 heavy (non-hydrogen) atoms. The number of halogens is 3. The first-order valence-corrected chi connectivity index (χ1v) is 14.8. The second-order valence-electron chi connectivity index (χ2n) is 9.12. The van der Waals surface area contributed by atoms with Gasteiger partial charge < -0.3 is 10.2 Å². The molecule has 0 atom stereocenters. The minimum Gasteiger partial charge on any atom is -0.346 e. The van der Waals surface area contributed by atoms with Crippen LogP contribution in [0.15, 0.2) is 70.9 Å². The van der Waals surface area contributed by atoms with E-state index in [0.717, 1.165) is 48.3 Å². The number of anilines is 1. The van der Waals surface area contributed by atoms with Crippen molar-refractivity contribution in [1.82, 2.24) is 4.90 Å². The Labute approximate surface area is 240 Å². The van der Waals surface area contributed by atoms with Crippen LogP contribution < -0.4 is 5.32 Å². The monoisotopic (exact) mass is 575 g/mol. The van der Waals surface area contributed by atoms with E-state index in [9.17, 15) is 22.8 Å². The van der Waals surface area contributed by atoms with Crippen LogP contribution in [0.5, 0.6) is 0 Å². The number of alkyl halides is 3. The SMILES string of the molecule is CC.CCC(=O)N1CCC(N=CNc2ccccc2)=C(C(=O)SC2CCC2)C1.CCc1ccc(C(F)(F)F)cc1. The quantitative estimate of drug-likeness (QED) is 0.267. The van der Waals surface area contributed by atoms with E-state index in [1.807, 2.05) is 58.0 Å². The molecule has 2 aliphatic rings. The smallest absolute Gasteiger partial charge is 0.346 e. The summed E-state index contributed by atoms with van der Waals surface area (Å²) in [5.41, 5.74) is 2.77. The second kappa shape index (κ2) is 16.9. The molecule has 1 fully saturated rings. The fourth-order valence-electron chi connectivity index (χ4n) is 3.87. The molecule has 2 aromatic carbocycles. The fourth-order valence-corrected chi connectivity index (χ4v) is 5.07. The number of carbonyl (C=O) groups excluding carboxylic acids is 2. The van der Waals surface area contributed by atoms with Crippen molar-refractivity contribution in [2.24, 2.45) is 4.99 Å². The summed E-state index contributed by atoms with van der Waals surface area (Å²) in [7, 11) is 0. The normalized spacial score (nSPS) is 15.4. The Morgan fingerprint density at radius 2 is 1.70 bits per heavy atom. The third-order valence-electron chi connectivity index (χ3n) is 6.46. The van der Waals surface area contributed by atoms with Gasteiger partial charge in [0.05, 0.1) is 24.1 Å². The molecule has 1 saturated carbocycles. The molecule has 0 spiro atoms. The molecule has 0 saturated heterocycles. The number of hydrogen-bond acceptors (Lipinski definition) is 4. The van der Waals surface area contributed by atoms with Gasteiger partial charge in [-0.25, -0.2) is 4.99 Å². The van der Waals surface area contributed by atoms with E-state index >= 15 is 0 Å². The lowest BCUT2D eigenvalue weighted by Gasteiger charge is -2.30. The maximum absolute atomic E-state index is 12.8. The minimum atomic E-state index is -4.22. The summed E-state index contributed by atoms with van der Waals surface area (Å²) in [6, 6.07) is 15.0. The van der Waals surface area contributed by atoms with E-state index < -0.39 is 11.7 Å². The summed E-state index contributed by atoms with van der Waals surface area (Å²) < 4.78 is 36.1. The van der Waals surface area contributed by atoms with Crippen LogP contribution in [0, 0.1) is 0 Å². The zero-order valence-electron chi connectivity index (χ0n) is 23.8. The maximum atomic E-state index is 12.8. The number of hydrogen-bond donors (Lipinski definition) is 1. The number of benzene rings is 2. The number of nitrogens with one attached hydrogen (secondary N) is 1. The first-order chi connectivity index (χ1) is 19.2. The molecule has 1 aliphatic carbocycles. The lowest BCUT2D eigenvalue weighted by atomic mass is 10.00. The van der Waals surface area contributed by atoms with Crippen LogP contribution in [0.2, 0.25) is 0 Å². The van der Waals surface area contributed by atoms with E-state index in [-0.39, 0.29) is 11.0 Å². The first-order valence-electron chi connectivity index (χ1n) is 13.9. The molecule has 2 aromatic rings. The van der Waals surface area contributed by atoms with Gasteiger partial charge in [0.25, 0.3) is 0 Å². The van der Waals surface area contributed by atoms with Crippen molar-refractivity contribution in [1.29, 1.82) is 0 Å². The van der Waals surface area contributed by atoms with E-state index in [0.29, 0.717) is 36.8 Å². The van der Waals surface area contributed by atoms with Crippen LogP contribution in [0.1, 0.15) is 70.9 Å². The Kier molecular flexibility index (Phi) is 14.0. The second-order valence-corrected chi connectivity index (χ2v) is 10.4. The Balaban J connectivity index is 0.000000336. The highest BCUT2D eigenvalue weighted by Gasteiger charge is 2.30. The Morgan fingerprint density at radius 3 is 2.23 bits per heavy atom. The summed E-state index contributed by atoms with van der Waals surface area (Å²) in [4.78, 5) is 31.1. The van der Waals surface area contributed by atoms with Crippen molar-refractivity contribution in [2.75, 3.05) is 18.4 Å². The molecular weight excluding hydrogens is 535 g/mol. The molecular formula is C31H40F3N3O2S. The molecule has 4 rings (SSSR count). The van der Waals surface area contributed by atoms with E-state index in [1.165, 1.54) is 30.3 Å². The number of rotatable bonds is 7. The largest absolute Gasteiger partial charge is 0.416 e. The van der Waals surface area contributed by atoms with E-state index in [2.05, 4.69) is 10.3 Å². The molecule has 0 unspecified atom stereocenters. The van der Waals surface area contributed by atoms with Gasteiger partial charge in [0, 0.05) is 35.9 Å². The fraction of sp³-hybridized carbons (Fsp3) is 0.452. The van der Waals surface area contributed by atoms with E-state index in [1.54, 1.807) is 11.2 Å². The van der Waals surface area contributed by atoms with Gasteiger partial charge >= 0.3 is 6.18 Å². The van der Waals surface area contributed by atoms with Gasteiger partial charge in [-0.2, -0.15) is 13.2 Å². The molecule has 9 heteroatoms. The number of aliphatic imine (C=N–C) groups is 1. The van der Waals surface area contributed by atoms with Crippen molar-refractivity contribution < 1.29 is 22.8 Å². The number of aryl methyl sites for hydroxylation is 1. The zero-order chi connectivity index (χ0) is 29.5. The van der Waals surface area contributed by atoms with Crippen molar-refractivity contribution >= 4 is 34.8 Å². The minimum absolute atomic E-state index is 0.0789. The molecule has 0 aromatic heterocycles. The van der Waals surface area contributed by atoms with Crippen molar-refractivity contribution in [3.63, 3.8) is 0 Å². The molecule has 0 bridgehead atoms. The van der Waals surface area contributed by atoms with Gasteiger partial charge in [-0.3, -0.25) is 9.59 Å². The van der Waals surface area contributed by atoms with Gasteiger partial charge in [-0.1, -0.05) is 76.2 Å². The summed E-state index contributed by atoms with van der Waals surface area (Å²) in [5, 5.41) is 3.64. The van der Waals surface area contributed by atoms with Crippen molar-refractivity contribution in [2.45, 2.75) is 77.6 Å². The molecule has 218 valence electrons. The van der Waals surface area contributed by atoms with Crippen LogP contribution in [0.3, 0.4) is 0 Å². The highest BCUT2D eigenvalue weighted by atomic mass is 32.2. The number of thioether (sulfide) groups is 1. The zero-order valence-corrected chi connectivity index (χ0v) is 24.6. The Hall–Kier alpha value is -3.07. The summed E-state index contributed by atoms with van der Waals surface area (Å²) >= 11 is 1.42. The van der Waals surface area contributed by atoms with Crippen molar-refractivity contribution in [3.05, 3.63) is 77.0 Å². The number of amides is 1. The number of para-hydroxylation sites is 1. The third-order valence-corrected chi connectivity index (χ3v) is 7.72. The topological polar surface area (TPSA) is 61.8 Å².